The maximum atomic E-state index is 11.8. The summed E-state index contributed by atoms with van der Waals surface area (Å²) >= 11 is 0. The molecular formula is C11H21NO4. The molecule has 0 saturated carbocycles. The number of methoxy groups -OCH3 is 1. The molecule has 0 saturated heterocycles. The number of hydrogen-bond donors (Lipinski definition) is 2. The number of carbonyl (C=O) groups is 2. The highest BCUT2D eigenvalue weighted by Crippen LogP contribution is 2.15. The highest BCUT2D eigenvalue weighted by atomic mass is 16.5. The first-order chi connectivity index (χ1) is 7.28. The van der Waals surface area contributed by atoms with Crippen LogP contribution in [0.4, 0.5) is 0 Å². The highest BCUT2D eigenvalue weighted by molar-refractivity contribution is 5.85. The summed E-state index contributed by atoms with van der Waals surface area (Å²) in [5.41, 5.74) is -0.896. The van der Waals surface area contributed by atoms with Crippen LogP contribution in [0.1, 0.15) is 34.1 Å². The molecule has 0 aromatic rings. The molecule has 0 aromatic carbocycles. The molecule has 0 bridgehead atoms. The average molecular weight is 231 g/mol. The van der Waals surface area contributed by atoms with E-state index >= 15 is 0 Å². The fraction of sp³-hybridized carbons (Fsp3) is 0.818. The number of carboxylic acids is 1. The van der Waals surface area contributed by atoms with Crippen LogP contribution in [0.2, 0.25) is 0 Å². The summed E-state index contributed by atoms with van der Waals surface area (Å²) in [7, 11) is 1.47. The second-order valence-corrected chi connectivity index (χ2v) is 4.18. The number of aliphatic carboxylic acids is 1. The number of carbonyl (C=O) groups excluding carboxylic acids is 1. The van der Waals surface area contributed by atoms with Gasteiger partial charge in [-0.2, -0.15) is 0 Å². The Hall–Kier alpha value is -1.10. The van der Waals surface area contributed by atoms with Crippen LogP contribution in [0.25, 0.3) is 0 Å². The quantitative estimate of drug-likeness (QED) is 0.715. The van der Waals surface area contributed by atoms with E-state index in [1.54, 1.807) is 20.8 Å². The van der Waals surface area contributed by atoms with Gasteiger partial charge in [0.1, 0.15) is 5.60 Å². The van der Waals surface area contributed by atoms with Gasteiger partial charge in [-0.1, -0.05) is 6.92 Å². The normalized spacial score (nSPS) is 18.3. The van der Waals surface area contributed by atoms with Crippen LogP contribution >= 0.6 is 0 Å². The van der Waals surface area contributed by atoms with Crippen molar-refractivity contribution >= 4 is 11.9 Å². The lowest BCUT2D eigenvalue weighted by molar-refractivity contribution is -0.145. The molecule has 0 radical (unpaired) electrons. The van der Waals surface area contributed by atoms with Crippen LogP contribution < -0.4 is 5.32 Å². The standard InChI is InChI=1S/C11H21NO4/c1-6-11(4,16-5)10(15)12-8(3)7(2)9(13)14/h7-8H,6H2,1-5H3,(H,12,15)(H,13,14). The van der Waals surface area contributed by atoms with Gasteiger partial charge in [0.25, 0.3) is 5.91 Å². The average Bonchev–Trinajstić information content (AvgIpc) is 2.26. The van der Waals surface area contributed by atoms with Gasteiger partial charge < -0.3 is 15.2 Å². The van der Waals surface area contributed by atoms with Gasteiger partial charge in [0, 0.05) is 13.2 Å². The van der Waals surface area contributed by atoms with E-state index in [0.717, 1.165) is 0 Å². The minimum atomic E-state index is -0.927. The Morgan fingerprint density at radius 1 is 1.44 bits per heavy atom. The van der Waals surface area contributed by atoms with Gasteiger partial charge in [-0.05, 0) is 27.2 Å². The second-order valence-electron chi connectivity index (χ2n) is 4.18. The van der Waals surface area contributed by atoms with Gasteiger partial charge in [-0.25, -0.2) is 0 Å². The summed E-state index contributed by atoms with van der Waals surface area (Å²) in [6.07, 6.45) is 0.531. The van der Waals surface area contributed by atoms with Crippen molar-refractivity contribution in [3.05, 3.63) is 0 Å². The highest BCUT2D eigenvalue weighted by Gasteiger charge is 2.33. The van der Waals surface area contributed by atoms with E-state index in [0.29, 0.717) is 6.42 Å². The van der Waals surface area contributed by atoms with Crippen LogP contribution in [0.5, 0.6) is 0 Å². The van der Waals surface area contributed by atoms with Crippen molar-refractivity contribution in [2.75, 3.05) is 7.11 Å². The number of carboxylic acid groups (broad SMARTS) is 1. The fourth-order valence-corrected chi connectivity index (χ4v) is 1.10. The van der Waals surface area contributed by atoms with E-state index in [1.807, 2.05) is 6.92 Å². The molecule has 94 valence electrons. The number of amides is 1. The SMILES string of the molecule is CCC(C)(OC)C(=O)NC(C)C(C)C(=O)O. The third-order valence-electron chi connectivity index (χ3n) is 3.10. The van der Waals surface area contributed by atoms with Crippen molar-refractivity contribution < 1.29 is 19.4 Å². The molecule has 5 heteroatoms. The van der Waals surface area contributed by atoms with E-state index in [1.165, 1.54) is 7.11 Å². The van der Waals surface area contributed by atoms with E-state index in [-0.39, 0.29) is 5.91 Å². The van der Waals surface area contributed by atoms with E-state index in [4.69, 9.17) is 9.84 Å². The molecule has 1 amide bonds. The molecule has 3 unspecified atom stereocenters. The number of hydrogen-bond acceptors (Lipinski definition) is 3. The molecule has 0 heterocycles. The summed E-state index contributed by atoms with van der Waals surface area (Å²) in [6.45, 7) is 6.75. The predicted octanol–water partition coefficient (Wildman–Crippen LogP) is 1.03. The summed E-state index contributed by atoms with van der Waals surface area (Å²) in [5.74, 6) is -1.83. The molecule has 0 aliphatic rings. The summed E-state index contributed by atoms with van der Waals surface area (Å²) in [4.78, 5) is 22.6. The Bertz CT molecular complexity index is 261. The predicted molar refractivity (Wildman–Crippen MR) is 60.1 cm³/mol. The molecule has 0 rings (SSSR count). The fourth-order valence-electron chi connectivity index (χ4n) is 1.10. The van der Waals surface area contributed by atoms with Crippen molar-refractivity contribution in [1.82, 2.24) is 5.32 Å². The van der Waals surface area contributed by atoms with Crippen LogP contribution in [0, 0.1) is 5.92 Å². The summed E-state index contributed by atoms with van der Waals surface area (Å²) < 4.78 is 5.13. The van der Waals surface area contributed by atoms with Crippen LogP contribution in [-0.2, 0) is 14.3 Å². The van der Waals surface area contributed by atoms with E-state index < -0.39 is 23.5 Å². The first-order valence-corrected chi connectivity index (χ1v) is 5.37. The minimum Gasteiger partial charge on any atom is -0.481 e. The Morgan fingerprint density at radius 2 is 1.94 bits per heavy atom. The zero-order valence-electron chi connectivity index (χ0n) is 10.5. The van der Waals surface area contributed by atoms with Gasteiger partial charge in [0.2, 0.25) is 0 Å². The lowest BCUT2D eigenvalue weighted by Crippen LogP contribution is -2.51. The van der Waals surface area contributed by atoms with Crippen LogP contribution in [0.15, 0.2) is 0 Å². The Balaban J connectivity index is 4.50. The van der Waals surface area contributed by atoms with Crippen LogP contribution in [0.3, 0.4) is 0 Å². The molecule has 2 N–H and O–H groups in total. The Kier molecular flexibility index (Phi) is 5.44. The summed E-state index contributed by atoms with van der Waals surface area (Å²) in [6, 6.07) is -0.425. The molecule has 0 aliphatic carbocycles. The largest absolute Gasteiger partial charge is 0.481 e. The van der Waals surface area contributed by atoms with Crippen molar-refractivity contribution in [3.63, 3.8) is 0 Å². The number of ether oxygens (including phenoxy) is 1. The third kappa shape index (κ3) is 3.48. The summed E-state index contributed by atoms with van der Waals surface area (Å²) in [5, 5.41) is 11.5. The zero-order chi connectivity index (χ0) is 12.9. The smallest absolute Gasteiger partial charge is 0.308 e. The Morgan fingerprint density at radius 3 is 2.25 bits per heavy atom. The zero-order valence-corrected chi connectivity index (χ0v) is 10.5. The minimum absolute atomic E-state index is 0.280. The van der Waals surface area contributed by atoms with Crippen LogP contribution in [-0.4, -0.2) is 35.7 Å². The van der Waals surface area contributed by atoms with E-state index in [9.17, 15) is 9.59 Å². The van der Waals surface area contributed by atoms with Crippen molar-refractivity contribution in [3.8, 4) is 0 Å². The number of rotatable bonds is 6. The van der Waals surface area contributed by atoms with Gasteiger partial charge in [-0.3, -0.25) is 9.59 Å². The third-order valence-corrected chi connectivity index (χ3v) is 3.10. The molecule has 0 aliphatic heterocycles. The van der Waals surface area contributed by atoms with Crippen molar-refractivity contribution in [2.45, 2.75) is 45.8 Å². The lowest BCUT2D eigenvalue weighted by atomic mass is 9.99. The van der Waals surface area contributed by atoms with Gasteiger partial charge >= 0.3 is 5.97 Å². The molecule has 0 fully saturated rings. The molecule has 5 nitrogen and oxygen atoms in total. The van der Waals surface area contributed by atoms with Crippen molar-refractivity contribution in [2.24, 2.45) is 5.92 Å². The molecule has 0 aromatic heterocycles. The number of nitrogens with one attached hydrogen (secondary N) is 1. The van der Waals surface area contributed by atoms with E-state index in [2.05, 4.69) is 5.32 Å². The maximum absolute atomic E-state index is 11.8. The topological polar surface area (TPSA) is 75.6 Å². The molecule has 3 atom stereocenters. The Labute approximate surface area is 96.2 Å². The molecule has 0 spiro atoms. The first kappa shape index (κ1) is 14.9. The van der Waals surface area contributed by atoms with Gasteiger partial charge in [-0.15, -0.1) is 0 Å². The maximum Gasteiger partial charge on any atom is 0.308 e. The second kappa shape index (κ2) is 5.84. The molecule has 16 heavy (non-hydrogen) atoms. The first-order valence-electron chi connectivity index (χ1n) is 5.37. The monoisotopic (exact) mass is 231 g/mol. The molecular weight excluding hydrogens is 210 g/mol. The van der Waals surface area contributed by atoms with Gasteiger partial charge in [0.05, 0.1) is 5.92 Å². The van der Waals surface area contributed by atoms with Gasteiger partial charge in [0.15, 0.2) is 0 Å². The lowest BCUT2D eigenvalue weighted by Gasteiger charge is -2.28. The van der Waals surface area contributed by atoms with Crippen molar-refractivity contribution in [1.29, 1.82) is 0 Å².